The van der Waals surface area contributed by atoms with Gasteiger partial charge in [0.2, 0.25) is 0 Å². The van der Waals surface area contributed by atoms with E-state index in [1.807, 2.05) is 24.3 Å². The van der Waals surface area contributed by atoms with Crippen LogP contribution in [0.4, 0.5) is 17.1 Å². The lowest BCUT2D eigenvalue weighted by Gasteiger charge is -2.23. The van der Waals surface area contributed by atoms with E-state index in [2.05, 4.69) is 6.92 Å². The van der Waals surface area contributed by atoms with Crippen molar-refractivity contribution in [1.29, 1.82) is 0 Å². The maximum absolute atomic E-state index is 11.4. The Morgan fingerprint density at radius 2 is 1.90 bits per heavy atom. The largest absolute Gasteiger partial charge is 0.478 e. The van der Waals surface area contributed by atoms with Crippen LogP contribution in [0.15, 0.2) is 36.4 Å². The highest BCUT2D eigenvalue weighted by molar-refractivity contribution is 6.34. The van der Waals surface area contributed by atoms with E-state index in [4.69, 9.17) is 17.3 Å². The van der Waals surface area contributed by atoms with Crippen LogP contribution >= 0.6 is 11.6 Å². The number of carboxylic acid groups (broad SMARTS) is 1. The summed E-state index contributed by atoms with van der Waals surface area (Å²) >= 11 is 6.20. The topological polar surface area (TPSA) is 66.6 Å². The molecule has 0 bridgehead atoms. The molecule has 2 aromatic rings. The fourth-order valence-corrected chi connectivity index (χ4v) is 2.56. The second kappa shape index (κ2) is 6.06. The van der Waals surface area contributed by atoms with Crippen molar-refractivity contribution in [3.8, 4) is 0 Å². The van der Waals surface area contributed by atoms with Crippen LogP contribution in [0.25, 0.3) is 0 Å². The van der Waals surface area contributed by atoms with E-state index in [0.29, 0.717) is 16.4 Å². The van der Waals surface area contributed by atoms with Gasteiger partial charge in [-0.2, -0.15) is 0 Å². The fraction of sp³-hybridized carbons (Fsp3) is 0.188. The molecule has 0 aliphatic carbocycles. The summed E-state index contributed by atoms with van der Waals surface area (Å²) in [6.45, 7) is 2.08. The van der Waals surface area contributed by atoms with Crippen molar-refractivity contribution in [2.75, 3.05) is 17.7 Å². The zero-order chi connectivity index (χ0) is 15.6. The number of hydrogen-bond donors (Lipinski definition) is 2. The molecule has 2 rings (SSSR count). The van der Waals surface area contributed by atoms with Crippen molar-refractivity contribution in [3.63, 3.8) is 0 Å². The summed E-state index contributed by atoms with van der Waals surface area (Å²) in [6.07, 6.45) is 0.951. The molecule has 0 radical (unpaired) electrons. The number of nitrogen functional groups attached to an aromatic ring is 1. The van der Waals surface area contributed by atoms with Crippen molar-refractivity contribution >= 4 is 34.6 Å². The molecule has 5 heteroatoms. The Morgan fingerprint density at radius 3 is 2.43 bits per heavy atom. The lowest BCUT2D eigenvalue weighted by atomic mass is 10.1. The number of carbonyl (C=O) groups is 1. The van der Waals surface area contributed by atoms with E-state index in [0.717, 1.165) is 12.1 Å². The molecular formula is C16H17ClN2O2. The lowest BCUT2D eigenvalue weighted by molar-refractivity contribution is 0.0697. The average molecular weight is 305 g/mol. The number of aromatic carboxylic acids is 1. The molecule has 110 valence electrons. The van der Waals surface area contributed by atoms with Gasteiger partial charge in [0, 0.05) is 18.4 Å². The van der Waals surface area contributed by atoms with Gasteiger partial charge in [-0.25, -0.2) is 4.79 Å². The molecule has 0 spiro atoms. The molecule has 0 aliphatic rings. The number of benzene rings is 2. The molecule has 0 heterocycles. The minimum atomic E-state index is -1.06. The molecule has 0 saturated carbocycles. The zero-order valence-electron chi connectivity index (χ0n) is 11.9. The summed E-state index contributed by atoms with van der Waals surface area (Å²) in [5.74, 6) is -1.06. The van der Waals surface area contributed by atoms with E-state index < -0.39 is 5.97 Å². The predicted molar refractivity (Wildman–Crippen MR) is 86.7 cm³/mol. The van der Waals surface area contributed by atoms with Crippen LogP contribution < -0.4 is 10.6 Å². The minimum absolute atomic E-state index is 0.0852. The third kappa shape index (κ3) is 3.11. The van der Waals surface area contributed by atoms with E-state index >= 15 is 0 Å². The summed E-state index contributed by atoms with van der Waals surface area (Å²) in [4.78, 5) is 13.2. The van der Waals surface area contributed by atoms with E-state index in [9.17, 15) is 9.90 Å². The van der Waals surface area contributed by atoms with Crippen molar-refractivity contribution in [2.24, 2.45) is 0 Å². The monoisotopic (exact) mass is 304 g/mol. The van der Waals surface area contributed by atoms with E-state index in [1.54, 1.807) is 18.0 Å². The van der Waals surface area contributed by atoms with Gasteiger partial charge >= 0.3 is 5.97 Å². The van der Waals surface area contributed by atoms with Crippen LogP contribution in [0.1, 0.15) is 22.8 Å². The van der Waals surface area contributed by atoms with Gasteiger partial charge in [0.05, 0.1) is 16.3 Å². The number of nitrogens with two attached hydrogens (primary N) is 1. The first-order valence-electron chi connectivity index (χ1n) is 6.59. The maximum atomic E-state index is 11.4. The Balaban J connectivity index is 2.51. The molecular weight excluding hydrogens is 288 g/mol. The van der Waals surface area contributed by atoms with Gasteiger partial charge in [0.15, 0.2) is 0 Å². The van der Waals surface area contributed by atoms with E-state index in [-0.39, 0.29) is 5.56 Å². The smallest absolute Gasteiger partial charge is 0.337 e. The number of aryl methyl sites for hydroxylation is 1. The number of hydrogen-bond acceptors (Lipinski definition) is 3. The van der Waals surface area contributed by atoms with Crippen LogP contribution in [0.3, 0.4) is 0 Å². The molecule has 2 aromatic carbocycles. The van der Waals surface area contributed by atoms with E-state index in [1.165, 1.54) is 11.6 Å². The highest BCUT2D eigenvalue weighted by Gasteiger charge is 2.19. The maximum Gasteiger partial charge on any atom is 0.337 e. The molecule has 0 aliphatic heterocycles. The van der Waals surface area contributed by atoms with Crippen LogP contribution in [-0.2, 0) is 6.42 Å². The second-order valence-electron chi connectivity index (χ2n) is 4.78. The van der Waals surface area contributed by atoms with Crippen LogP contribution in [0.5, 0.6) is 0 Å². The molecule has 3 N–H and O–H groups in total. The molecule has 0 amide bonds. The SMILES string of the molecule is CCc1ccc(N(C)c2c(Cl)cc(N)cc2C(=O)O)cc1. The molecule has 4 nitrogen and oxygen atoms in total. The van der Waals surface area contributed by atoms with Crippen molar-refractivity contribution < 1.29 is 9.90 Å². The number of rotatable bonds is 4. The van der Waals surface area contributed by atoms with Crippen LogP contribution in [-0.4, -0.2) is 18.1 Å². The summed E-state index contributed by atoms with van der Waals surface area (Å²) in [7, 11) is 1.78. The minimum Gasteiger partial charge on any atom is -0.478 e. The van der Waals surface area contributed by atoms with Gasteiger partial charge in [-0.15, -0.1) is 0 Å². The fourth-order valence-electron chi connectivity index (χ4n) is 2.21. The van der Waals surface area contributed by atoms with Gasteiger partial charge in [0.1, 0.15) is 0 Å². The van der Waals surface area contributed by atoms with Crippen LogP contribution in [0, 0.1) is 0 Å². The number of nitrogens with zero attached hydrogens (tertiary/aromatic N) is 1. The molecule has 0 saturated heterocycles. The number of anilines is 3. The Hall–Kier alpha value is -2.20. The van der Waals surface area contributed by atoms with Gasteiger partial charge in [-0.05, 0) is 36.2 Å². The van der Waals surface area contributed by atoms with Gasteiger partial charge in [0.25, 0.3) is 0 Å². The molecule has 21 heavy (non-hydrogen) atoms. The third-order valence-electron chi connectivity index (χ3n) is 3.38. The summed E-state index contributed by atoms with van der Waals surface area (Å²) < 4.78 is 0. The zero-order valence-corrected chi connectivity index (χ0v) is 12.7. The van der Waals surface area contributed by atoms with Crippen molar-refractivity contribution in [3.05, 3.63) is 52.5 Å². The lowest BCUT2D eigenvalue weighted by Crippen LogP contribution is -2.15. The highest BCUT2D eigenvalue weighted by atomic mass is 35.5. The standard InChI is InChI=1S/C16H17ClN2O2/c1-3-10-4-6-12(7-5-10)19(2)15-13(16(20)21)8-11(18)9-14(15)17/h4-9H,3,18H2,1-2H3,(H,20,21). The highest BCUT2D eigenvalue weighted by Crippen LogP contribution is 2.36. The Morgan fingerprint density at radius 1 is 1.29 bits per heavy atom. The first-order chi connectivity index (χ1) is 9.93. The Kier molecular flexibility index (Phi) is 4.38. The Labute approximate surface area is 128 Å². The van der Waals surface area contributed by atoms with Gasteiger partial charge in [-0.1, -0.05) is 30.7 Å². The number of halogens is 1. The Bertz CT molecular complexity index is 669. The summed E-state index contributed by atoms with van der Waals surface area (Å²) in [5.41, 5.74) is 8.60. The molecule has 0 aromatic heterocycles. The first-order valence-corrected chi connectivity index (χ1v) is 6.96. The summed E-state index contributed by atoms with van der Waals surface area (Å²) in [5, 5.41) is 9.67. The van der Waals surface area contributed by atoms with Gasteiger partial charge < -0.3 is 15.7 Å². The second-order valence-corrected chi connectivity index (χ2v) is 5.19. The van der Waals surface area contributed by atoms with Crippen molar-refractivity contribution in [1.82, 2.24) is 0 Å². The number of carboxylic acids is 1. The van der Waals surface area contributed by atoms with Crippen molar-refractivity contribution in [2.45, 2.75) is 13.3 Å². The average Bonchev–Trinajstić information content (AvgIpc) is 2.46. The van der Waals surface area contributed by atoms with Crippen LogP contribution in [0.2, 0.25) is 5.02 Å². The molecule has 0 fully saturated rings. The quantitative estimate of drug-likeness (QED) is 0.839. The predicted octanol–water partition coefficient (Wildman–Crippen LogP) is 3.95. The summed E-state index contributed by atoms with van der Waals surface area (Å²) in [6, 6.07) is 10.9. The molecule has 0 atom stereocenters. The normalized spacial score (nSPS) is 10.4. The first kappa shape index (κ1) is 15.2. The third-order valence-corrected chi connectivity index (χ3v) is 3.67. The van der Waals surface area contributed by atoms with Gasteiger partial charge in [-0.3, -0.25) is 0 Å². The molecule has 0 unspecified atom stereocenters.